The topological polar surface area (TPSA) is 29.5 Å². The Bertz CT molecular complexity index is 255. The molecule has 3 heteroatoms. The average Bonchev–Trinajstić information content (AvgIpc) is 2.35. The Morgan fingerprint density at radius 1 is 1.35 bits per heavy atom. The van der Waals surface area contributed by atoms with E-state index in [-0.39, 0.29) is 17.9 Å². The normalized spacial score (nSPS) is 28.8. The van der Waals surface area contributed by atoms with E-state index >= 15 is 0 Å². The van der Waals surface area contributed by atoms with Gasteiger partial charge in [0.1, 0.15) is 0 Å². The second kappa shape index (κ2) is 6.39. The zero-order valence-electron chi connectivity index (χ0n) is 11.9. The fourth-order valence-corrected chi connectivity index (χ4v) is 2.84. The van der Waals surface area contributed by atoms with Gasteiger partial charge in [0.25, 0.3) is 0 Å². The molecule has 0 aromatic carbocycles. The van der Waals surface area contributed by atoms with E-state index in [1.165, 1.54) is 32.8 Å². The lowest BCUT2D eigenvalue weighted by Crippen LogP contribution is -2.45. The number of hydrogen-bond donors (Lipinski definition) is 0. The summed E-state index contributed by atoms with van der Waals surface area (Å²) in [6.45, 7) is 6.41. The molecule has 0 heterocycles. The van der Waals surface area contributed by atoms with Crippen molar-refractivity contribution in [1.29, 1.82) is 0 Å². The Hall–Kier alpha value is -0.570. The van der Waals surface area contributed by atoms with E-state index in [2.05, 4.69) is 25.8 Å². The van der Waals surface area contributed by atoms with Crippen molar-refractivity contribution in [3.05, 3.63) is 0 Å². The maximum absolute atomic E-state index is 11.6. The molecule has 1 rings (SSSR count). The van der Waals surface area contributed by atoms with Gasteiger partial charge in [-0.25, -0.2) is 0 Å². The molecule has 3 nitrogen and oxygen atoms in total. The number of esters is 1. The van der Waals surface area contributed by atoms with Crippen LogP contribution in [0.4, 0.5) is 0 Å². The van der Waals surface area contributed by atoms with Crippen LogP contribution in [-0.2, 0) is 9.53 Å². The molecule has 0 aliphatic heterocycles. The molecule has 0 saturated heterocycles. The lowest BCUT2D eigenvalue weighted by atomic mass is 9.85. The van der Waals surface area contributed by atoms with E-state index in [1.54, 1.807) is 0 Å². The number of rotatable bonds is 4. The minimum atomic E-state index is -0.104. The maximum Gasteiger partial charge on any atom is 0.309 e. The second-order valence-corrected chi connectivity index (χ2v) is 5.64. The standard InChI is InChI=1S/C14H27NO2/c1-10-7-6-8-13(9-10)15(4)12(3)11(2)14(16)17-5/h10-13H,6-9H2,1-5H3. The summed E-state index contributed by atoms with van der Waals surface area (Å²) in [4.78, 5) is 13.9. The number of carbonyl (C=O) groups excluding carboxylic acids is 1. The van der Waals surface area contributed by atoms with Gasteiger partial charge in [-0.3, -0.25) is 9.69 Å². The number of ether oxygens (including phenoxy) is 1. The summed E-state index contributed by atoms with van der Waals surface area (Å²) in [6.07, 6.45) is 5.19. The van der Waals surface area contributed by atoms with Crippen molar-refractivity contribution < 1.29 is 9.53 Å². The highest BCUT2D eigenvalue weighted by atomic mass is 16.5. The zero-order valence-corrected chi connectivity index (χ0v) is 11.9. The summed E-state index contributed by atoms with van der Waals surface area (Å²) in [7, 11) is 3.61. The molecule has 1 aliphatic carbocycles. The third-order valence-corrected chi connectivity index (χ3v) is 4.42. The van der Waals surface area contributed by atoms with Gasteiger partial charge in [0, 0.05) is 12.1 Å². The van der Waals surface area contributed by atoms with E-state index < -0.39 is 0 Å². The molecule has 1 saturated carbocycles. The second-order valence-electron chi connectivity index (χ2n) is 5.64. The lowest BCUT2D eigenvalue weighted by molar-refractivity contribution is -0.147. The van der Waals surface area contributed by atoms with Gasteiger partial charge in [0.05, 0.1) is 13.0 Å². The Labute approximate surface area is 106 Å². The van der Waals surface area contributed by atoms with Gasteiger partial charge in [0.2, 0.25) is 0 Å². The summed E-state index contributed by atoms with van der Waals surface area (Å²) in [5.41, 5.74) is 0. The fourth-order valence-electron chi connectivity index (χ4n) is 2.84. The van der Waals surface area contributed by atoms with Crippen molar-refractivity contribution in [3.63, 3.8) is 0 Å². The molecule has 17 heavy (non-hydrogen) atoms. The first-order valence-corrected chi connectivity index (χ1v) is 6.77. The largest absolute Gasteiger partial charge is 0.469 e. The van der Waals surface area contributed by atoms with Crippen LogP contribution in [0.3, 0.4) is 0 Å². The van der Waals surface area contributed by atoms with Gasteiger partial charge in [0.15, 0.2) is 0 Å². The molecule has 1 aliphatic rings. The van der Waals surface area contributed by atoms with Crippen LogP contribution in [0, 0.1) is 11.8 Å². The van der Waals surface area contributed by atoms with Gasteiger partial charge in [-0.15, -0.1) is 0 Å². The SMILES string of the molecule is COC(=O)C(C)C(C)N(C)C1CCCC(C)C1. The predicted molar refractivity (Wildman–Crippen MR) is 69.8 cm³/mol. The Morgan fingerprint density at radius 2 is 2.00 bits per heavy atom. The molecule has 4 unspecified atom stereocenters. The smallest absolute Gasteiger partial charge is 0.309 e. The molecule has 0 aromatic rings. The maximum atomic E-state index is 11.6. The average molecular weight is 241 g/mol. The molecule has 0 N–H and O–H groups in total. The van der Waals surface area contributed by atoms with Crippen molar-refractivity contribution >= 4 is 5.97 Å². The monoisotopic (exact) mass is 241 g/mol. The summed E-state index contributed by atoms with van der Waals surface area (Å²) in [6, 6.07) is 0.874. The van der Waals surface area contributed by atoms with Crippen molar-refractivity contribution in [2.45, 2.75) is 58.5 Å². The number of nitrogens with zero attached hydrogens (tertiary/aromatic N) is 1. The van der Waals surface area contributed by atoms with E-state index in [0.29, 0.717) is 6.04 Å². The Balaban J connectivity index is 2.55. The molecule has 0 radical (unpaired) electrons. The Morgan fingerprint density at radius 3 is 2.53 bits per heavy atom. The minimum absolute atomic E-state index is 0.0535. The summed E-state index contributed by atoms with van der Waals surface area (Å²) >= 11 is 0. The Kier molecular flexibility index (Phi) is 5.44. The highest BCUT2D eigenvalue weighted by Crippen LogP contribution is 2.28. The molecule has 0 spiro atoms. The van der Waals surface area contributed by atoms with Crippen LogP contribution in [0.25, 0.3) is 0 Å². The van der Waals surface area contributed by atoms with Crippen LogP contribution in [0.2, 0.25) is 0 Å². The van der Waals surface area contributed by atoms with Crippen LogP contribution in [0.1, 0.15) is 46.5 Å². The first kappa shape index (κ1) is 14.5. The third kappa shape index (κ3) is 3.70. The first-order chi connectivity index (χ1) is 7.97. The van der Waals surface area contributed by atoms with Crippen molar-refractivity contribution in [3.8, 4) is 0 Å². The van der Waals surface area contributed by atoms with E-state index in [0.717, 1.165) is 5.92 Å². The molecule has 0 aromatic heterocycles. The summed E-state index contributed by atoms with van der Waals surface area (Å²) < 4.78 is 4.83. The van der Waals surface area contributed by atoms with Gasteiger partial charge in [-0.2, -0.15) is 0 Å². The van der Waals surface area contributed by atoms with Gasteiger partial charge in [-0.1, -0.05) is 26.7 Å². The van der Waals surface area contributed by atoms with Gasteiger partial charge < -0.3 is 4.74 Å². The fraction of sp³-hybridized carbons (Fsp3) is 0.929. The van der Waals surface area contributed by atoms with Gasteiger partial charge in [-0.05, 0) is 32.7 Å². The zero-order chi connectivity index (χ0) is 13.0. The molecule has 0 amide bonds. The van der Waals surface area contributed by atoms with Crippen molar-refractivity contribution in [2.24, 2.45) is 11.8 Å². The van der Waals surface area contributed by atoms with Crippen LogP contribution in [0.15, 0.2) is 0 Å². The predicted octanol–water partition coefficient (Wildman–Crippen LogP) is 2.69. The molecule has 4 atom stereocenters. The van der Waals surface area contributed by atoms with Crippen LogP contribution in [0.5, 0.6) is 0 Å². The van der Waals surface area contributed by atoms with E-state index in [9.17, 15) is 4.79 Å². The van der Waals surface area contributed by atoms with Crippen LogP contribution >= 0.6 is 0 Å². The number of carbonyl (C=O) groups is 1. The van der Waals surface area contributed by atoms with E-state index in [4.69, 9.17) is 4.74 Å². The van der Waals surface area contributed by atoms with Crippen LogP contribution in [-0.4, -0.2) is 37.1 Å². The third-order valence-electron chi connectivity index (χ3n) is 4.42. The minimum Gasteiger partial charge on any atom is -0.469 e. The molecule has 100 valence electrons. The highest BCUT2D eigenvalue weighted by molar-refractivity contribution is 5.72. The molecular weight excluding hydrogens is 214 g/mol. The van der Waals surface area contributed by atoms with E-state index in [1.807, 2.05) is 6.92 Å². The lowest BCUT2D eigenvalue weighted by Gasteiger charge is -2.39. The number of hydrogen-bond acceptors (Lipinski definition) is 3. The number of methoxy groups -OCH3 is 1. The molecule has 0 bridgehead atoms. The highest BCUT2D eigenvalue weighted by Gasteiger charge is 2.30. The van der Waals surface area contributed by atoms with Gasteiger partial charge >= 0.3 is 5.97 Å². The van der Waals surface area contributed by atoms with Crippen molar-refractivity contribution in [1.82, 2.24) is 4.90 Å². The van der Waals surface area contributed by atoms with Crippen LogP contribution < -0.4 is 0 Å². The molecule has 1 fully saturated rings. The molecular formula is C14H27NO2. The van der Waals surface area contributed by atoms with Crippen molar-refractivity contribution in [2.75, 3.05) is 14.2 Å². The summed E-state index contributed by atoms with van der Waals surface area (Å²) in [5, 5.41) is 0. The quantitative estimate of drug-likeness (QED) is 0.709. The first-order valence-electron chi connectivity index (χ1n) is 6.77. The summed E-state index contributed by atoms with van der Waals surface area (Å²) in [5.74, 6) is 0.660.